The highest BCUT2D eigenvalue weighted by molar-refractivity contribution is 6.06. The summed E-state index contributed by atoms with van der Waals surface area (Å²) in [5.41, 5.74) is 2.81. The Hall–Kier alpha value is -3.81. The van der Waals surface area contributed by atoms with E-state index >= 15 is 0 Å². The van der Waals surface area contributed by atoms with Gasteiger partial charge in [-0.05, 0) is 43.7 Å². The maximum absolute atomic E-state index is 13.3. The van der Waals surface area contributed by atoms with Crippen LogP contribution in [0.5, 0.6) is 11.5 Å². The number of methoxy groups -OCH3 is 1. The Labute approximate surface area is 174 Å². The number of nitrogens with one attached hydrogen (secondary N) is 2. The van der Waals surface area contributed by atoms with Crippen molar-refractivity contribution >= 4 is 17.5 Å². The lowest BCUT2D eigenvalue weighted by Crippen LogP contribution is -2.31. The first-order chi connectivity index (χ1) is 14.6. The highest BCUT2D eigenvalue weighted by Crippen LogP contribution is 2.38. The summed E-state index contributed by atoms with van der Waals surface area (Å²) in [5, 5.41) is 10.5. The van der Waals surface area contributed by atoms with E-state index in [9.17, 15) is 4.79 Å². The van der Waals surface area contributed by atoms with Crippen molar-refractivity contribution in [2.75, 3.05) is 24.4 Å². The number of aromatic nitrogens is 3. The molecule has 8 heteroatoms. The van der Waals surface area contributed by atoms with E-state index in [0.29, 0.717) is 35.3 Å². The molecule has 0 fully saturated rings. The van der Waals surface area contributed by atoms with Gasteiger partial charge in [0.2, 0.25) is 5.95 Å². The molecule has 2 aromatic carbocycles. The van der Waals surface area contributed by atoms with Crippen LogP contribution >= 0.6 is 0 Å². The zero-order valence-corrected chi connectivity index (χ0v) is 17.0. The van der Waals surface area contributed by atoms with Gasteiger partial charge >= 0.3 is 0 Å². The maximum atomic E-state index is 13.3. The second-order valence-corrected chi connectivity index (χ2v) is 6.76. The van der Waals surface area contributed by atoms with Crippen LogP contribution in [0.4, 0.5) is 11.6 Å². The number of carbonyl (C=O) groups is 1. The van der Waals surface area contributed by atoms with E-state index in [1.807, 2.05) is 62.4 Å². The molecule has 0 bridgehead atoms. The fourth-order valence-electron chi connectivity index (χ4n) is 3.54. The maximum Gasteiger partial charge on any atom is 0.255 e. The summed E-state index contributed by atoms with van der Waals surface area (Å²) in [7, 11) is 1.59. The fourth-order valence-corrected chi connectivity index (χ4v) is 3.54. The van der Waals surface area contributed by atoms with Crippen molar-refractivity contribution in [3.05, 3.63) is 71.7 Å². The van der Waals surface area contributed by atoms with Crippen molar-refractivity contribution in [3.63, 3.8) is 0 Å². The quantitative estimate of drug-likeness (QED) is 0.651. The summed E-state index contributed by atoms with van der Waals surface area (Å²) in [6.07, 6.45) is 1.46. The minimum absolute atomic E-state index is 0.217. The molecule has 1 atom stereocenters. The lowest BCUT2D eigenvalue weighted by atomic mass is 9.94. The zero-order valence-electron chi connectivity index (χ0n) is 17.0. The fraction of sp³-hybridized carbons (Fsp3) is 0.227. The number of para-hydroxylation sites is 1. The van der Waals surface area contributed by atoms with Crippen molar-refractivity contribution < 1.29 is 14.3 Å². The number of ether oxygens (including phenoxy) is 2. The van der Waals surface area contributed by atoms with Crippen molar-refractivity contribution in [1.29, 1.82) is 0 Å². The number of carbonyl (C=O) groups excluding carboxylic acids is 1. The first-order valence-corrected chi connectivity index (χ1v) is 9.66. The van der Waals surface area contributed by atoms with Gasteiger partial charge < -0.3 is 20.1 Å². The van der Waals surface area contributed by atoms with Crippen molar-refractivity contribution in [1.82, 2.24) is 14.8 Å². The summed E-state index contributed by atoms with van der Waals surface area (Å²) in [4.78, 5) is 17.6. The van der Waals surface area contributed by atoms with E-state index < -0.39 is 6.04 Å². The molecule has 1 aliphatic heterocycles. The van der Waals surface area contributed by atoms with Crippen LogP contribution in [-0.4, -0.2) is 34.4 Å². The van der Waals surface area contributed by atoms with Crippen LogP contribution in [0.15, 0.2) is 66.1 Å². The zero-order chi connectivity index (χ0) is 21.1. The number of allylic oxidation sites excluding steroid dienone is 1. The Morgan fingerprint density at radius 1 is 1.20 bits per heavy atom. The second-order valence-electron chi connectivity index (χ2n) is 6.76. The molecule has 30 heavy (non-hydrogen) atoms. The number of amides is 1. The molecule has 154 valence electrons. The van der Waals surface area contributed by atoms with Gasteiger partial charge in [0.05, 0.1) is 19.3 Å². The lowest BCUT2D eigenvalue weighted by Gasteiger charge is -2.29. The molecule has 1 aromatic heterocycles. The van der Waals surface area contributed by atoms with Gasteiger partial charge in [0.25, 0.3) is 5.91 Å². The van der Waals surface area contributed by atoms with Crippen LogP contribution < -0.4 is 20.1 Å². The Morgan fingerprint density at radius 3 is 2.73 bits per heavy atom. The molecule has 1 amide bonds. The van der Waals surface area contributed by atoms with Gasteiger partial charge in [-0.3, -0.25) is 4.79 Å². The number of hydrogen-bond acceptors (Lipinski definition) is 6. The summed E-state index contributed by atoms with van der Waals surface area (Å²) in [5.74, 6) is 1.59. The molecule has 2 heterocycles. The molecule has 8 nitrogen and oxygen atoms in total. The van der Waals surface area contributed by atoms with Crippen LogP contribution in [0.3, 0.4) is 0 Å². The molecule has 0 unspecified atom stereocenters. The number of nitrogens with zero attached hydrogens (tertiary/aromatic N) is 3. The standard InChI is InChI=1S/C22H23N5O3/c1-4-30-17-11-10-15(12-18(17)29-3)20-19(14(2)25-22-23-13-24-27(20)22)21(28)26-16-8-6-5-7-9-16/h5-13,20H,4H2,1-3H3,(H,26,28)(H,23,24,25)/t20-/m1/s1. The third-order valence-corrected chi connectivity index (χ3v) is 4.87. The van der Waals surface area contributed by atoms with Gasteiger partial charge in [0.1, 0.15) is 12.4 Å². The molecule has 0 saturated carbocycles. The normalized spacial score (nSPS) is 15.2. The average molecular weight is 405 g/mol. The first-order valence-electron chi connectivity index (χ1n) is 9.66. The lowest BCUT2D eigenvalue weighted by molar-refractivity contribution is -0.113. The molecule has 0 spiro atoms. The van der Waals surface area contributed by atoms with E-state index in [1.165, 1.54) is 6.33 Å². The van der Waals surface area contributed by atoms with E-state index in [1.54, 1.807) is 11.8 Å². The van der Waals surface area contributed by atoms with Gasteiger partial charge in [0.15, 0.2) is 11.5 Å². The van der Waals surface area contributed by atoms with E-state index in [-0.39, 0.29) is 5.91 Å². The topological polar surface area (TPSA) is 90.3 Å². The molecular formula is C22H23N5O3. The third-order valence-electron chi connectivity index (χ3n) is 4.87. The SMILES string of the molecule is CCOc1ccc([C@@H]2C(C(=O)Nc3ccccc3)=C(C)Nc3ncnn32)cc1OC. The Balaban J connectivity index is 1.78. The highest BCUT2D eigenvalue weighted by atomic mass is 16.5. The number of benzene rings is 2. The summed E-state index contributed by atoms with van der Waals surface area (Å²) < 4.78 is 12.8. The number of fused-ring (bicyclic) bond motifs is 1. The molecule has 4 rings (SSSR count). The molecule has 1 aliphatic rings. The number of anilines is 2. The average Bonchev–Trinajstić information content (AvgIpc) is 3.22. The summed E-state index contributed by atoms with van der Waals surface area (Å²) in [6.45, 7) is 4.30. The largest absolute Gasteiger partial charge is 0.493 e. The van der Waals surface area contributed by atoms with Crippen LogP contribution in [-0.2, 0) is 4.79 Å². The van der Waals surface area contributed by atoms with Gasteiger partial charge in [-0.15, -0.1) is 0 Å². The molecule has 3 aromatic rings. The summed E-state index contributed by atoms with van der Waals surface area (Å²) in [6, 6.07) is 14.5. The van der Waals surface area contributed by atoms with Gasteiger partial charge in [-0.1, -0.05) is 24.3 Å². The smallest absolute Gasteiger partial charge is 0.255 e. The van der Waals surface area contributed by atoms with Crippen molar-refractivity contribution in [2.45, 2.75) is 19.9 Å². The second kappa shape index (κ2) is 8.28. The highest BCUT2D eigenvalue weighted by Gasteiger charge is 2.34. The van der Waals surface area contributed by atoms with Crippen LogP contribution in [0.25, 0.3) is 0 Å². The Morgan fingerprint density at radius 2 is 2.00 bits per heavy atom. The van der Waals surface area contributed by atoms with Gasteiger partial charge in [-0.25, -0.2) is 4.68 Å². The van der Waals surface area contributed by atoms with Gasteiger partial charge in [-0.2, -0.15) is 10.1 Å². The van der Waals surface area contributed by atoms with Crippen molar-refractivity contribution in [2.24, 2.45) is 0 Å². The molecule has 0 radical (unpaired) electrons. The monoisotopic (exact) mass is 405 g/mol. The van der Waals surface area contributed by atoms with Crippen LogP contribution in [0, 0.1) is 0 Å². The summed E-state index contributed by atoms with van der Waals surface area (Å²) >= 11 is 0. The number of rotatable bonds is 6. The van der Waals surface area contributed by atoms with E-state index in [2.05, 4.69) is 20.7 Å². The molecule has 0 aliphatic carbocycles. The first kappa shape index (κ1) is 19.5. The Bertz CT molecular complexity index is 1090. The molecular weight excluding hydrogens is 382 g/mol. The van der Waals surface area contributed by atoms with Crippen LogP contribution in [0.2, 0.25) is 0 Å². The van der Waals surface area contributed by atoms with Crippen LogP contribution in [0.1, 0.15) is 25.5 Å². The predicted molar refractivity (Wildman–Crippen MR) is 114 cm³/mol. The van der Waals surface area contributed by atoms with Crippen molar-refractivity contribution in [3.8, 4) is 11.5 Å². The predicted octanol–water partition coefficient (Wildman–Crippen LogP) is 3.61. The molecule has 0 saturated heterocycles. The van der Waals surface area contributed by atoms with Gasteiger partial charge in [0, 0.05) is 11.4 Å². The molecule has 2 N–H and O–H groups in total. The third kappa shape index (κ3) is 3.59. The minimum Gasteiger partial charge on any atom is -0.493 e. The Kier molecular flexibility index (Phi) is 5.38. The van der Waals surface area contributed by atoms with E-state index in [0.717, 1.165) is 11.3 Å². The minimum atomic E-state index is -0.475. The van der Waals surface area contributed by atoms with E-state index in [4.69, 9.17) is 9.47 Å². The number of hydrogen-bond donors (Lipinski definition) is 2.